The molecule has 8 nitrogen and oxygen atoms in total. The molecule has 2 aromatic heterocycles. The molecule has 2 saturated heterocycles. The topological polar surface area (TPSA) is 90.9 Å². The lowest BCUT2D eigenvalue weighted by Gasteiger charge is -2.51. The van der Waals surface area contributed by atoms with Crippen molar-refractivity contribution in [2.45, 2.75) is 43.7 Å². The van der Waals surface area contributed by atoms with E-state index in [1.165, 1.54) is 10.9 Å². The van der Waals surface area contributed by atoms with Crippen LogP contribution >= 0.6 is 11.3 Å². The molecule has 0 unspecified atom stereocenters. The number of hydrogen-bond acceptors (Lipinski definition) is 7. The highest BCUT2D eigenvalue weighted by atomic mass is 32.1. The Balaban J connectivity index is 1.38. The summed E-state index contributed by atoms with van der Waals surface area (Å²) < 4.78 is 11.0. The predicted octanol–water partition coefficient (Wildman–Crippen LogP) is 3.47. The lowest BCUT2D eigenvalue weighted by molar-refractivity contribution is -0.144. The quantitative estimate of drug-likeness (QED) is 0.546. The molecule has 1 aromatic carbocycles. The molecule has 0 aliphatic carbocycles. The van der Waals surface area contributed by atoms with Gasteiger partial charge in [0.25, 0.3) is 0 Å². The van der Waals surface area contributed by atoms with Crippen molar-refractivity contribution in [3.8, 4) is 5.75 Å². The number of carbonyl (C=O) groups is 1. The van der Waals surface area contributed by atoms with Crippen molar-refractivity contribution < 1.29 is 19.4 Å². The van der Waals surface area contributed by atoms with E-state index in [-0.39, 0.29) is 29.9 Å². The Morgan fingerprint density at radius 2 is 2.11 bits per heavy atom. The molecule has 0 radical (unpaired) electrons. The number of fused-ring (bicyclic) bond motifs is 4. The molecule has 3 aromatic rings. The Labute approximate surface area is 215 Å². The van der Waals surface area contributed by atoms with Gasteiger partial charge in [-0.15, -0.1) is 11.3 Å². The number of likely N-dealkylation sites (tertiary alicyclic amines) is 1. The summed E-state index contributed by atoms with van der Waals surface area (Å²) in [4.78, 5) is 26.4. The van der Waals surface area contributed by atoms with Crippen LogP contribution in [0.1, 0.15) is 48.0 Å². The minimum Gasteiger partial charge on any atom is -0.497 e. The fraction of sp³-hybridized carbons (Fsp3) is 0.556. The van der Waals surface area contributed by atoms with Gasteiger partial charge >= 0.3 is 0 Å². The van der Waals surface area contributed by atoms with Gasteiger partial charge in [0.1, 0.15) is 10.8 Å². The molecule has 192 valence electrons. The predicted molar refractivity (Wildman–Crippen MR) is 138 cm³/mol. The van der Waals surface area contributed by atoms with E-state index in [0.717, 1.165) is 67.3 Å². The molecule has 5 heterocycles. The van der Waals surface area contributed by atoms with Crippen LogP contribution in [0.25, 0.3) is 10.9 Å². The molecule has 0 bridgehead atoms. The van der Waals surface area contributed by atoms with Gasteiger partial charge in [0, 0.05) is 65.3 Å². The average Bonchev–Trinajstić information content (AvgIpc) is 3.58. The van der Waals surface area contributed by atoms with Crippen LogP contribution in [0.5, 0.6) is 5.75 Å². The summed E-state index contributed by atoms with van der Waals surface area (Å²) in [7, 11) is 1.68. The third-order valence-corrected chi connectivity index (χ3v) is 9.19. The number of hydrogen-bond donors (Lipinski definition) is 2. The number of amides is 1. The van der Waals surface area contributed by atoms with Gasteiger partial charge in [0.05, 0.1) is 26.3 Å². The summed E-state index contributed by atoms with van der Waals surface area (Å²) in [5.41, 5.74) is 3.11. The Bertz CT molecular complexity index is 1210. The number of methoxy groups -OCH3 is 1. The normalized spacial score (nSPS) is 22.7. The van der Waals surface area contributed by atoms with Crippen molar-refractivity contribution in [1.82, 2.24) is 19.8 Å². The van der Waals surface area contributed by atoms with Crippen LogP contribution in [0.2, 0.25) is 0 Å². The van der Waals surface area contributed by atoms with Crippen molar-refractivity contribution in [1.29, 1.82) is 0 Å². The van der Waals surface area contributed by atoms with Crippen molar-refractivity contribution in [2.24, 2.45) is 5.92 Å². The molecule has 1 atom stereocenters. The van der Waals surface area contributed by atoms with Gasteiger partial charge in [0.2, 0.25) is 5.91 Å². The monoisotopic (exact) mass is 510 g/mol. The number of ether oxygens (including phenoxy) is 2. The first-order valence-electron chi connectivity index (χ1n) is 12.9. The fourth-order valence-corrected chi connectivity index (χ4v) is 7.14. The second kappa shape index (κ2) is 9.78. The zero-order valence-electron chi connectivity index (χ0n) is 20.7. The van der Waals surface area contributed by atoms with Crippen LogP contribution in [0.4, 0.5) is 0 Å². The summed E-state index contributed by atoms with van der Waals surface area (Å²) >= 11 is 1.70. The molecular formula is C27H34N4O4S. The van der Waals surface area contributed by atoms with Crippen LogP contribution in [0.3, 0.4) is 0 Å². The van der Waals surface area contributed by atoms with E-state index >= 15 is 0 Å². The van der Waals surface area contributed by atoms with E-state index in [9.17, 15) is 9.90 Å². The van der Waals surface area contributed by atoms with Crippen LogP contribution in [0, 0.1) is 5.92 Å². The molecule has 6 rings (SSSR count). The summed E-state index contributed by atoms with van der Waals surface area (Å²) in [6.07, 6.45) is 5.28. The Hall–Kier alpha value is -2.46. The Morgan fingerprint density at radius 3 is 2.81 bits per heavy atom. The molecular weight excluding hydrogens is 476 g/mol. The number of aliphatic hydroxyl groups excluding tert-OH is 1. The molecule has 36 heavy (non-hydrogen) atoms. The molecule has 3 aliphatic rings. The smallest absolute Gasteiger partial charge is 0.226 e. The maximum absolute atomic E-state index is 13.9. The zero-order chi connectivity index (χ0) is 24.7. The molecule has 2 N–H and O–H groups in total. The van der Waals surface area contributed by atoms with Crippen LogP contribution < -0.4 is 4.74 Å². The highest BCUT2D eigenvalue weighted by molar-refractivity contribution is 7.09. The largest absolute Gasteiger partial charge is 0.497 e. The molecule has 2 fully saturated rings. The zero-order valence-corrected chi connectivity index (χ0v) is 21.6. The van der Waals surface area contributed by atoms with Crippen molar-refractivity contribution in [3.05, 3.63) is 46.0 Å². The standard InChI is InChI=1S/C27H34N4O4S/c1-34-19-2-3-20-21(14-19)29-25-22(16-32)31(26(33)18-4-11-35-12-5-18)17-27(24(20)25)6-9-30(10-7-27)15-23-28-8-13-36-23/h2-3,8,13-14,18,22,29,32H,4-7,9-12,15-17H2,1H3/t22-/m0/s1. The molecule has 1 spiro atoms. The third kappa shape index (κ3) is 4.12. The minimum atomic E-state index is -0.368. The first kappa shape index (κ1) is 23.9. The number of benzene rings is 1. The number of nitrogens with one attached hydrogen (secondary N) is 1. The number of carbonyl (C=O) groups excluding carboxylic acids is 1. The van der Waals surface area contributed by atoms with Crippen LogP contribution in [0.15, 0.2) is 29.8 Å². The third-order valence-electron chi connectivity index (χ3n) is 8.43. The maximum Gasteiger partial charge on any atom is 0.226 e. The van der Waals surface area contributed by atoms with E-state index in [2.05, 4.69) is 20.9 Å². The number of rotatable bonds is 5. The van der Waals surface area contributed by atoms with E-state index < -0.39 is 0 Å². The molecule has 0 saturated carbocycles. The highest BCUT2D eigenvalue weighted by Gasteiger charge is 2.49. The first-order valence-corrected chi connectivity index (χ1v) is 13.8. The van der Waals surface area contributed by atoms with E-state index in [1.807, 2.05) is 28.6 Å². The van der Waals surface area contributed by atoms with Crippen LogP contribution in [-0.4, -0.2) is 77.3 Å². The van der Waals surface area contributed by atoms with Gasteiger partial charge in [0.15, 0.2) is 0 Å². The second-order valence-corrected chi connectivity index (χ2v) is 11.3. The SMILES string of the molecule is COc1ccc2c3c([nH]c2c1)[C@H](CO)N(C(=O)C1CCOCC1)CC31CCN(Cc2nccs2)CC1. The number of H-pyrrole nitrogens is 1. The Morgan fingerprint density at radius 1 is 1.31 bits per heavy atom. The van der Waals surface area contributed by atoms with Gasteiger partial charge in [-0.3, -0.25) is 9.69 Å². The maximum atomic E-state index is 13.9. The summed E-state index contributed by atoms with van der Waals surface area (Å²) in [5, 5.41) is 14.9. The van der Waals surface area contributed by atoms with Crippen molar-refractivity contribution in [2.75, 3.05) is 46.6 Å². The Kier molecular flexibility index (Phi) is 6.49. The molecule has 9 heteroatoms. The summed E-state index contributed by atoms with van der Waals surface area (Å²) in [5.74, 6) is 0.911. The van der Waals surface area contributed by atoms with Gasteiger partial charge < -0.3 is 24.5 Å². The first-order chi connectivity index (χ1) is 17.6. The van der Waals surface area contributed by atoms with Gasteiger partial charge in [-0.25, -0.2) is 4.98 Å². The highest BCUT2D eigenvalue weighted by Crippen LogP contribution is 2.49. The van der Waals surface area contributed by atoms with E-state index in [4.69, 9.17) is 9.47 Å². The number of aromatic nitrogens is 2. The number of nitrogens with zero attached hydrogens (tertiary/aromatic N) is 3. The number of thiazole rings is 1. The lowest BCUT2D eigenvalue weighted by Crippen LogP contribution is -2.56. The number of piperidine rings is 1. The van der Waals surface area contributed by atoms with Gasteiger partial charge in [-0.1, -0.05) is 0 Å². The summed E-state index contributed by atoms with van der Waals surface area (Å²) in [6.45, 7) is 4.57. The van der Waals surface area contributed by atoms with Crippen molar-refractivity contribution >= 4 is 28.1 Å². The van der Waals surface area contributed by atoms with E-state index in [0.29, 0.717) is 19.8 Å². The van der Waals surface area contributed by atoms with Crippen LogP contribution in [-0.2, 0) is 21.5 Å². The van der Waals surface area contributed by atoms with E-state index in [1.54, 1.807) is 18.4 Å². The lowest BCUT2D eigenvalue weighted by atomic mass is 9.68. The fourth-order valence-electron chi connectivity index (χ4n) is 6.49. The minimum absolute atomic E-state index is 0.0409. The van der Waals surface area contributed by atoms with Gasteiger partial charge in [-0.2, -0.15) is 0 Å². The number of aliphatic hydroxyl groups is 1. The van der Waals surface area contributed by atoms with Crippen molar-refractivity contribution in [3.63, 3.8) is 0 Å². The van der Waals surface area contributed by atoms with Gasteiger partial charge in [-0.05, 0) is 56.5 Å². The summed E-state index contributed by atoms with van der Waals surface area (Å²) in [6, 6.07) is 5.80. The molecule has 1 amide bonds. The average molecular weight is 511 g/mol. The molecule has 3 aliphatic heterocycles. The second-order valence-electron chi connectivity index (χ2n) is 10.4. The number of aromatic amines is 1.